The van der Waals surface area contributed by atoms with E-state index >= 15 is 0 Å². The van der Waals surface area contributed by atoms with E-state index < -0.39 is 26.6 Å². The van der Waals surface area contributed by atoms with Crippen LogP contribution in [0.4, 0.5) is 8.78 Å². The topological polar surface area (TPSA) is 55.4 Å². The predicted octanol–water partition coefficient (Wildman–Crippen LogP) is 4.85. The van der Waals surface area contributed by atoms with E-state index in [1.54, 1.807) is 24.3 Å². The number of nitrogens with one attached hydrogen (secondary N) is 1. The quantitative estimate of drug-likeness (QED) is 0.640. The van der Waals surface area contributed by atoms with Crippen molar-refractivity contribution in [3.8, 4) is 11.5 Å². The summed E-state index contributed by atoms with van der Waals surface area (Å²) in [5, 5.41) is 0. The Labute approximate surface area is 162 Å². The molecule has 3 aromatic carbocycles. The molecular weight excluding hydrogens is 384 g/mol. The molecule has 7 heteroatoms. The fourth-order valence-corrected chi connectivity index (χ4v) is 3.73. The zero-order valence-corrected chi connectivity index (χ0v) is 16.2. The highest BCUT2D eigenvalue weighted by atomic mass is 32.2. The molecule has 0 bridgehead atoms. The van der Waals surface area contributed by atoms with Crippen molar-refractivity contribution in [3.63, 3.8) is 0 Å². The Hall–Kier alpha value is -2.77. The van der Waals surface area contributed by atoms with Crippen LogP contribution in [0.25, 0.3) is 0 Å². The molecule has 0 fully saturated rings. The average Bonchev–Trinajstić information content (AvgIpc) is 2.64. The van der Waals surface area contributed by atoms with E-state index in [1.807, 2.05) is 32.0 Å². The number of benzene rings is 3. The van der Waals surface area contributed by atoms with Gasteiger partial charge in [-0.25, -0.2) is 21.9 Å². The molecule has 0 amide bonds. The zero-order chi connectivity index (χ0) is 20.3. The van der Waals surface area contributed by atoms with E-state index in [0.717, 1.165) is 23.8 Å². The molecule has 0 aliphatic carbocycles. The molecule has 0 atom stereocenters. The Balaban J connectivity index is 1.68. The minimum Gasteiger partial charge on any atom is -0.457 e. The molecule has 0 radical (unpaired) electrons. The van der Waals surface area contributed by atoms with E-state index in [2.05, 4.69) is 4.72 Å². The summed E-state index contributed by atoms with van der Waals surface area (Å²) in [5.41, 5.74) is 2.90. The van der Waals surface area contributed by atoms with Gasteiger partial charge in [0.1, 0.15) is 23.1 Å². The van der Waals surface area contributed by atoms with E-state index in [-0.39, 0.29) is 6.54 Å². The standard InChI is InChI=1S/C21H19F2NO3S/c1-14-6-9-18(12-15(14)2)27-17-10-7-16(8-11-17)13-24-28(25,26)21-19(22)4-3-5-20(21)23/h3-12,24H,13H2,1-2H3. The molecule has 0 aromatic heterocycles. The molecule has 4 nitrogen and oxygen atoms in total. The largest absolute Gasteiger partial charge is 0.457 e. The average molecular weight is 403 g/mol. The van der Waals surface area contributed by atoms with Crippen LogP contribution in [-0.4, -0.2) is 8.42 Å². The smallest absolute Gasteiger partial charge is 0.246 e. The third kappa shape index (κ3) is 4.55. The highest BCUT2D eigenvalue weighted by Gasteiger charge is 2.23. The Morgan fingerprint density at radius 2 is 1.46 bits per heavy atom. The normalized spacial score (nSPS) is 11.4. The van der Waals surface area contributed by atoms with Crippen molar-refractivity contribution in [2.24, 2.45) is 0 Å². The van der Waals surface area contributed by atoms with Crippen molar-refractivity contribution >= 4 is 10.0 Å². The Bertz CT molecular complexity index is 1080. The van der Waals surface area contributed by atoms with Gasteiger partial charge in [0.05, 0.1) is 0 Å². The molecule has 1 N–H and O–H groups in total. The second kappa shape index (κ2) is 8.08. The van der Waals surface area contributed by atoms with Gasteiger partial charge in [0.2, 0.25) is 10.0 Å². The molecule has 0 heterocycles. The summed E-state index contributed by atoms with van der Waals surface area (Å²) in [4.78, 5) is -0.982. The fourth-order valence-electron chi connectivity index (χ4n) is 2.58. The number of halogens is 2. The van der Waals surface area contributed by atoms with Gasteiger partial charge in [0, 0.05) is 6.54 Å². The molecular formula is C21H19F2NO3S. The van der Waals surface area contributed by atoms with Crippen LogP contribution in [0.5, 0.6) is 11.5 Å². The number of hydrogen-bond donors (Lipinski definition) is 1. The van der Waals surface area contributed by atoms with Crippen LogP contribution in [-0.2, 0) is 16.6 Å². The maximum atomic E-state index is 13.7. The van der Waals surface area contributed by atoms with Crippen LogP contribution in [0, 0.1) is 25.5 Å². The van der Waals surface area contributed by atoms with Crippen molar-refractivity contribution in [2.45, 2.75) is 25.3 Å². The molecule has 0 aliphatic heterocycles. The Morgan fingerprint density at radius 1 is 0.857 bits per heavy atom. The minimum absolute atomic E-state index is 0.111. The van der Waals surface area contributed by atoms with Crippen LogP contribution in [0.1, 0.15) is 16.7 Å². The second-order valence-corrected chi connectivity index (χ2v) is 8.07. The van der Waals surface area contributed by atoms with E-state index in [0.29, 0.717) is 17.1 Å². The first-order valence-electron chi connectivity index (χ1n) is 8.54. The van der Waals surface area contributed by atoms with E-state index in [4.69, 9.17) is 4.74 Å². The summed E-state index contributed by atoms with van der Waals surface area (Å²) < 4.78 is 59.8. The van der Waals surface area contributed by atoms with Gasteiger partial charge >= 0.3 is 0 Å². The van der Waals surface area contributed by atoms with Crippen molar-refractivity contribution in [1.82, 2.24) is 4.72 Å². The molecule has 0 spiro atoms. The molecule has 28 heavy (non-hydrogen) atoms. The lowest BCUT2D eigenvalue weighted by atomic mass is 10.1. The highest BCUT2D eigenvalue weighted by molar-refractivity contribution is 7.89. The number of ether oxygens (including phenoxy) is 1. The summed E-state index contributed by atoms with van der Waals surface area (Å²) in [5.74, 6) is -0.976. The van der Waals surface area contributed by atoms with Crippen molar-refractivity contribution < 1.29 is 21.9 Å². The van der Waals surface area contributed by atoms with Gasteiger partial charge < -0.3 is 4.74 Å². The molecule has 0 aliphatic rings. The van der Waals surface area contributed by atoms with Gasteiger partial charge in [0.25, 0.3) is 0 Å². The van der Waals surface area contributed by atoms with Gasteiger partial charge in [0.15, 0.2) is 4.90 Å². The summed E-state index contributed by atoms with van der Waals surface area (Å²) in [6, 6.07) is 15.4. The molecule has 3 aromatic rings. The Morgan fingerprint density at radius 3 is 2.07 bits per heavy atom. The van der Waals surface area contributed by atoms with Crippen molar-refractivity contribution in [1.29, 1.82) is 0 Å². The van der Waals surface area contributed by atoms with E-state index in [9.17, 15) is 17.2 Å². The first-order chi connectivity index (χ1) is 13.3. The van der Waals surface area contributed by atoms with Gasteiger partial charge in [-0.3, -0.25) is 0 Å². The minimum atomic E-state index is -4.32. The van der Waals surface area contributed by atoms with Crippen molar-refractivity contribution in [3.05, 3.63) is 89.0 Å². The summed E-state index contributed by atoms with van der Waals surface area (Å²) in [6.07, 6.45) is 0. The van der Waals surface area contributed by atoms with Crippen LogP contribution in [0.15, 0.2) is 65.6 Å². The summed E-state index contributed by atoms with van der Waals surface area (Å²) >= 11 is 0. The SMILES string of the molecule is Cc1ccc(Oc2ccc(CNS(=O)(=O)c3c(F)cccc3F)cc2)cc1C. The van der Waals surface area contributed by atoms with E-state index in [1.165, 1.54) is 5.56 Å². The molecule has 0 saturated heterocycles. The van der Waals surface area contributed by atoms with Crippen molar-refractivity contribution in [2.75, 3.05) is 0 Å². The first-order valence-corrected chi connectivity index (χ1v) is 10.0. The first kappa shape index (κ1) is 20.0. The third-order valence-electron chi connectivity index (χ3n) is 4.29. The van der Waals surface area contributed by atoms with Crippen LogP contribution < -0.4 is 9.46 Å². The number of sulfonamides is 1. The molecule has 0 unspecified atom stereocenters. The highest BCUT2D eigenvalue weighted by Crippen LogP contribution is 2.24. The number of aryl methyl sites for hydroxylation is 2. The van der Waals surface area contributed by atoms with Crippen LogP contribution >= 0.6 is 0 Å². The maximum absolute atomic E-state index is 13.7. The lowest BCUT2D eigenvalue weighted by Crippen LogP contribution is -2.25. The second-order valence-electron chi connectivity index (χ2n) is 6.37. The maximum Gasteiger partial charge on any atom is 0.246 e. The number of rotatable bonds is 6. The third-order valence-corrected chi connectivity index (χ3v) is 5.74. The van der Waals surface area contributed by atoms with Gasteiger partial charge in [-0.1, -0.05) is 24.3 Å². The Kier molecular flexibility index (Phi) is 5.76. The van der Waals surface area contributed by atoms with Gasteiger partial charge in [-0.05, 0) is 66.9 Å². The van der Waals surface area contributed by atoms with Gasteiger partial charge in [-0.15, -0.1) is 0 Å². The number of hydrogen-bond acceptors (Lipinski definition) is 3. The van der Waals surface area contributed by atoms with Crippen LogP contribution in [0.2, 0.25) is 0 Å². The zero-order valence-electron chi connectivity index (χ0n) is 15.4. The lowest BCUT2D eigenvalue weighted by Gasteiger charge is -2.10. The van der Waals surface area contributed by atoms with Gasteiger partial charge in [-0.2, -0.15) is 0 Å². The molecule has 146 valence electrons. The predicted molar refractivity (Wildman–Crippen MR) is 103 cm³/mol. The molecule has 0 saturated carbocycles. The van der Waals surface area contributed by atoms with Crippen LogP contribution in [0.3, 0.4) is 0 Å². The lowest BCUT2D eigenvalue weighted by molar-refractivity contribution is 0.482. The fraction of sp³-hybridized carbons (Fsp3) is 0.143. The monoisotopic (exact) mass is 403 g/mol. The summed E-state index contributed by atoms with van der Waals surface area (Å²) in [6.45, 7) is 3.90. The summed E-state index contributed by atoms with van der Waals surface area (Å²) in [7, 11) is -4.32. The molecule has 3 rings (SSSR count).